The molecule has 0 amide bonds. The molecule has 0 saturated heterocycles. The largest absolute Gasteiger partial charge is 0.228 e. The first-order valence-electron chi connectivity index (χ1n) is 13.8. The van der Waals surface area contributed by atoms with Crippen LogP contribution in [0.15, 0.2) is 152 Å². The average Bonchev–Trinajstić information content (AvgIpc) is 3.05. The molecule has 1 heterocycles. The lowest BCUT2D eigenvalue weighted by molar-refractivity contribution is 0.855. The standard InChI is InChI=1S/C38H28N2/c1-3-10-27(11-4-1)29-18-22-32(23-19-29)36-26-37(33-24-20-30(21-25-33)28-12-5-2-6-13-28)40-38(39-36)35-17-9-15-31-14-7-8-16-34(31)35/h1-20,22-26,30H,21H2. The molecule has 1 aliphatic rings. The van der Waals surface area contributed by atoms with Crippen LogP contribution in [0, 0.1) is 0 Å². The molecule has 1 aliphatic carbocycles. The summed E-state index contributed by atoms with van der Waals surface area (Å²) in [6.45, 7) is 0. The van der Waals surface area contributed by atoms with Crippen LogP contribution < -0.4 is 0 Å². The number of nitrogens with zero attached hydrogens (tertiary/aromatic N) is 2. The van der Waals surface area contributed by atoms with E-state index < -0.39 is 0 Å². The summed E-state index contributed by atoms with van der Waals surface area (Å²) in [5.74, 6) is 1.13. The van der Waals surface area contributed by atoms with E-state index in [2.05, 4.69) is 146 Å². The summed E-state index contributed by atoms with van der Waals surface area (Å²) in [6, 6.07) is 46.8. The summed E-state index contributed by atoms with van der Waals surface area (Å²) in [7, 11) is 0. The van der Waals surface area contributed by atoms with Crippen molar-refractivity contribution < 1.29 is 0 Å². The molecule has 0 bridgehead atoms. The van der Waals surface area contributed by atoms with Crippen LogP contribution >= 0.6 is 0 Å². The van der Waals surface area contributed by atoms with Gasteiger partial charge in [-0.3, -0.25) is 0 Å². The van der Waals surface area contributed by atoms with Gasteiger partial charge < -0.3 is 0 Å². The van der Waals surface area contributed by atoms with Gasteiger partial charge in [0, 0.05) is 17.0 Å². The van der Waals surface area contributed by atoms with Crippen molar-refractivity contribution in [3.8, 4) is 33.8 Å². The van der Waals surface area contributed by atoms with E-state index in [9.17, 15) is 0 Å². The highest BCUT2D eigenvalue weighted by Gasteiger charge is 2.16. The molecule has 0 spiro atoms. The predicted molar refractivity (Wildman–Crippen MR) is 167 cm³/mol. The summed E-state index contributed by atoms with van der Waals surface area (Å²) in [5, 5.41) is 2.34. The Morgan fingerprint density at radius 1 is 0.550 bits per heavy atom. The molecule has 0 aliphatic heterocycles. The molecule has 1 atom stereocenters. The minimum absolute atomic E-state index is 0.384. The van der Waals surface area contributed by atoms with E-state index in [1.165, 1.54) is 22.1 Å². The lowest BCUT2D eigenvalue weighted by atomic mass is 9.89. The number of allylic oxidation sites excluding steroid dienone is 4. The van der Waals surface area contributed by atoms with Crippen LogP contribution in [-0.2, 0) is 0 Å². The van der Waals surface area contributed by atoms with Crippen LogP contribution in [0.2, 0.25) is 0 Å². The highest BCUT2D eigenvalue weighted by atomic mass is 14.9. The van der Waals surface area contributed by atoms with Crippen molar-refractivity contribution in [3.05, 3.63) is 163 Å². The SMILES string of the molecule is C1=CC(c2ccccc2)CC=C1c1cc(-c2ccc(-c3ccccc3)cc2)nc(-c2cccc3ccccc23)n1. The summed E-state index contributed by atoms with van der Waals surface area (Å²) >= 11 is 0. The van der Waals surface area contributed by atoms with E-state index in [0.29, 0.717) is 5.92 Å². The van der Waals surface area contributed by atoms with Crippen molar-refractivity contribution in [1.29, 1.82) is 0 Å². The van der Waals surface area contributed by atoms with E-state index in [0.717, 1.165) is 45.7 Å². The van der Waals surface area contributed by atoms with Crippen molar-refractivity contribution in [2.45, 2.75) is 12.3 Å². The molecule has 40 heavy (non-hydrogen) atoms. The normalized spacial score (nSPS) is 14.7. The molecule has 2 heteroatoms. The van der Waals surface area contributed by atoms with Crippen LogP contribution in [0.5, 0.6) is 0 Å². The van der Waals surface area contributed by atoms with Crippen molar-refractivity contribution in [3.63, 3.8) is 0 Å². The maximum atomic E-state index is 5.14. The van der Waals surface area contributed by atoms with E-state index in [-0.39, 0.29) is 0 Å². The molecule has 190 valence electrons. The Kier molecular flexibility index (Phi) is 6.35. The van der Waals surface area contributed by atoms with Gasteiger partial charge in [0.1, 0.15) is 0 Å². The zero-order valence-electron chi connectivity index (χ0n) is 22.1. The van der Waals surface area contributed by atoms with Gasteiger partial charge in [0.25, 0.3) is 0 Å². The van der Waals surface area contributed by atoms with Crippen LogP contribution in [0.3, 0.4) is 0 Å². The Hall–Kier alpha value is -5.08. The first-order valence-corrected chi connectivity index (χ1v) is 13.8. The topological polar surface area (TPSA) is 25.8 Å². The van der Waals surface area contributed by atoms with Gasteiger partial charge in [-0.15, -0.1) is 0 Å². The molecule has 7 rings (SSSR count). The number of fused-ring (bicyclic) bond motifs is 1. The molecular weight excluding hydrogens is 484 g/mol. The summed E-state index contributed by atoms with van der Waals surface area (Å²) in [4.78, 5) is 10.3. The fourth-order valence-corrected chi connectivity index (χ4v) is 5.51. The van der Waals surface area contributed by atoms with Gasteiger partial charge >= 0.3 is 0 Å². The number of hydrogen-bond donors (Lipinski definition) is 0. The Morgan fingerprint density at radius 3 is 1.98 bits per heavy atom. The third-order valence-electron chi connectivity index (χ3n) is 7.67. The summed E-state index contributed by atoms with van der Waals surface area (Å²) in [6.07, 6.45) is 7.79. The fraction of sp³-hybridized carbons (Fsp3) is 0.0526. The quantitative estimate of drug-likeness (QED) is 0.230. The van der Waals surface area contributed by atoms with Gasteiger partial charge in [-0.25, -0.2) is 9.97 Å². The second-order valence-electron chi connectivity index (χ2n) is 10.2. The summed E-state index contributed by atoms with van der Waals surface area (Å²) in [5.41, 5.74) is 8.87. The first-order chi connectivity index (χ1) is 19.8. The van der Waals surface area contributed by atoms with Crippen molar-refractivity contribution in [1.82, 2.24) is 9.97 Å². The molecule has 1 unspecified atom stereocenters. The highest BCUT2D eigenvalue weighted by Crippen LogP contribution is 2.34. The summed E-state index contributed by atoms with van der Waals surface area (Å²) < 4.78 is 0. The van der Waals surface area contributed by atoms with Gasteiger partial charge in [0.2, 0.25) is 0 Å². The number of benzene rings is 5. The molecule has 0 N–H and O–H groups in total. The van der Waals surface area contributed by atoms with Crippen LogP contribution in [-0.4, -0.2) is 9.97 Å². The Labute approximate surface area is 235 Å². The van der Waals surface area contributed by atoms with Gasteiger partial charge in [0.15, 0.2) is 5.82 Å². The number of aromatic nitrogens is 2. The second kappa shape index (κ2) is 10.6. The molecule has 1 aromatic heterocycles. The molecule has 0 radical (unpaired) electrons. The third kappa shape index (κ3) is 4.76. The van der Waals surface area contributed by atoms with Gasteiger partial charge in [-0.2, -0.15) is 0 Å². The molecule has 2 nitrogen and oxygen atoms in total. The lowest BCUT2D eigenvalue weighted by Crippen LogP contribution is -2.02. The van der Waals surface area contributed by atoms with Crippen molar-refractivity contribution >= 4 is 16.3 Å². The monoisotopic (exact) mass is 512 g/mol. The lowest BCUT2D eigenvalue weighted by Gasteiger charge is -2.17. The smallest absolute Gasteiger partial charge is 0.161 e. The molecular formula is C38H28N2. The zero-order valence-corrected chi connectivity index (χ0v) is 22.1. The maximum Gasteiger partial charge on any atom is 0.161 e. The minimum atomic E-state index is 0.384. The van der Waals surface area contributed by atoms with Crippen molar-refractivity contribution in [2.24, 2.45) is 0 Å². The minimum Gasteiger partial charge on any atom is -0.228 e. The van der Waals surface area contributed by atoms with Gasteiger partial charge in [0.05, 0.1) is 11.4 Å². The van der Waals surface area contributed by atoms with E-state index in [4.69, 9.17) is 9.97 Å². The molecule has 5 aromatic carbocycles. The van der Waals surface area contributed by atoms with E-state index in [1.807, 2.05) is 6.07 Å². The second-order valence-corrected chi connectivity index (χ2v) is 10.2. The van der Waals surface area contributed by atoms with Crippen LogP contribution in [0.25, 0.3) is 50.1 Å². The third-order valence-corrected chi connectivity index (χ3v) is 7.67. The Bertz CT molecular complexity index is 1840. The van der Waals surface area contributed by atoms with E-state index in [1.54, 1.807) is 0 Å². The Balaban J connectivity index is 1.31. The molecule has 0 saturated carbocycles. The average molecular weight is 513 g/mol. The fourth-order valence-electron chi connectivity index (χ4n) is 5.51. The van der Waals surface area contributed by atoms with E-state index >= 15 is 0 Å². The molecule has 6 aromatic rings. The maximum absolute atomic E-state index is 5.14. The van der Waals surface area contributed by atoms with Crippen molar-refractivity contribution in [2.75, 3.05) is 0 Å². The van der Waals surface area contributed by atoms with Crippen LogP contribution in [0.4, 0.5) is 0 Å². The number of hydrogen-bond acceptors (Lipinski definition) is 2. The van der Waals surface area contributed by atoms with Gasteiger partial charge in [-0.05, 0) is 45.5 Å². The highest BCUT2D eigenvalue weighted by molar-refractivity contribution is 5.95. The van der Waals surface area contributed by atoms with Gasteiger partial charge in [-0.1, -0.05) is 146 Å². The molecule has 0 fully saturated rings. The predicted octanol–water partition coefficient (Wildman–Crippen LogP) is 9.76. The zero-order chi connectivity index (χ0) is 26.7. The Morgan fingerprint density at radius 2 is 1.20 bits per heavy atom. The first kappa shape index (κ1) is 24.0. The number of rotatable bonds is 5. The van der Waals surface area contributed by atoms with Crippen LogP contribution in [0.1, 0.15) is 23.6 Å².